The number of anilines is 1. The highest BCUT2D eigenvalue weighted by molar-refractivity contribution is 7.99. The molecule has 1 aliphatic heterocycles. The Kier molecular flexibility index (Phi) is 8.45. The molecule has 6 aromatic rings. The van der Waals surface area contributed by atoms with E-state index in [9.17, 15) is 22.8 Å². The van der Waals surface area contributed by atoms with Gasteiger partial charge in [0.1, 0.15) is 17.5 Å². The summed E-state index contributed by atoms with van der Waals surface area (Å²) < 4.78 is 48.8. The van der Waals surface area contributed by atoms with Crippen molar-refractivity contribution in [3.63, 3.8) is 0 Å². The van der Waals surface area contributed by atoms with E-state index in [1.165, 1.54) is 15.9 Å². The first-order valence-corrected chi connectivity index (χ1v) is 16.9. The summed E-state index contributed by atoms with van der Waals surface area (Å²) in [6, 6.07) is 24.7. The maximum atomic E-state index is 13.9. The van der Waals surface area contributed by atoms with Crippen molar-refractivity contribution < 1.29 is 22.4 Å². The summed E-state index contributed by atoms with van der Waals surface area (Å²) in [7, 11) is 0. The van der Waals surface area contributed by atoms with E-state index in [0.29, 0.717) is 37.6 Å². The van der Waals surface area contributed by atoms with E-state index in [4.69, 9.17) is 4.42 Å². The van der Waals surface area contributed by atoms with Gasteiger partial charge in [-0.15, -0.1) is 11.3 Å². The molecule has 0 saturated heterocycles. The van der Waals surface area contributed by atoms with Gasteiger partial charge in [-0.2, -0.15) is 13.2 Å². The van der Waals surface area contributed by atoms with Crippen LogP contribution in [0.15, 0.2) is 132 Å². The number of nitrogens with one attached hydrogen (secondary N) is 1. The second kappa shape index (κ2) is 12.9. The predicted molar refractivity (Wildman–Crippen MR) is 178 cm³/mol. The number of alkyl halides is 3. The fourth-order valence-corrected chi connectivity index (χ4v) is 7.70. The largest absolute Gasteiger partial charge is 0.450 e. The van der Waals surface area contributed by atoms with Crippen LogP contribution in [0.4, 0.5) is 18.9 Å². The molecule has 2 aromatic carbocycles. The van der Waals surface area contributed by atoms with Crippen LogP contribution in [-0.4, -0.2) is 20.4 Å². The van der Waals surface area contributed by atoms with Crippen LogP contribution >= 0.6 is 34.4 Å². The first-order chi connectivity index (χ1) is 23.1. The Morgan fingerprint density at radius 3 is 2.46 bits per heavy atom. The third-order valence-electron chi connectivity index (χ3n) is 7.24. The average Bonchev–Trinajstić information content (AvgIpc) is 3.83. The van der Waals surface area contributed by atoms with Crippen molar-refractivity contribution in [2.24, 2.45) is 4.99 Å². The Balaban J connectivity index is 1.22. The Morgan fingerprint density at radius 2 is 1.75 bits per heavy atom. The number of thiazole rings is 1. The number of carbonyl (C=O) groups excluding carboxylic acids is 1. The molecule has 0 fully saturated rings. The van der Waals surface area contributed by atoms with Crippen LogP contribution in [0.1, 0.15) is 29.3 Å². The van der Waals surface area contributed by atoms with Crippen LogP contribution in [0.3, 0.4) is 0 Å². The number of aromatic nitrogens is 3. The van der Waals surface area contributed by atoms with Gasteiger partial charge in [0.05, 0.1) is 21.5 Å². The molecule has 4 aromatic heterocycles. The van der Waals surface area contributed by atoms with E-state index >= 15 is 0 Å². The van der Waals surface area contributed by atoms with Crippen molar-refractivity contribution in [2.45, 2.75) is 29.4 Å². The highest BCUT2D eigenvalue weighted by Crippen LogP contribution is 2.35. The van der Waals surface area contributed by atoms with Crippen LogP contribution < -0.4 is 20.2 Å². The number of allylic oxidation sites excluding steroid dienone is 1. The summed E-state index contributed by atoms with van der Waals surface area (Å²) in [5.74, 6) is -0.0708. The standard InChI is InChI=1S/C34H22F3N5O3S3/c1-19-28(30(43)39-21-11-6-3-7-12-21)29(24-13-8-16-46-24)42-31(44)25(47-33(42)38-19)17-22-14-15-27(45-22)48-32-40-23(20-9-4-2-5-10-20)18-26(41-32)34(35,36)37/h2-18,29H,1H3,(H,39,43)/b25-17+/t29-/m0/s1. The molecule has 8 nitrogen and oxygen atoms in total. The fourth-order valence-electron chi connectivity index (χ4n) is 5.11. The van der Waals surface area contributed by atoms with Gasteiger partial charge in [-0.25, -0.2) is 15.0 Å². The lowest BCUT2D eigenvalue weighted by atomic mass is 10.0. The zero-order valence-electron chi connectivity index (χ0n) is 24.8. The number of amides is 1. The monoisotopic (exact) mass is 701 g/mol. The molecule has 1 amide bonds. The lowest BCUT2D eigenvalue weighted by molar-refractivity contribution is -0.141. The lowest BCUT2D eigenvalue weighted by Gasteiger charge is -2.24. The highest BCUT2D eigenvalue weighted by atomic mass is 32.2. The van der Waals surface area contributed by atoms with E-state index in [2.05, 4.69) is 20.3 Å². The van der Waals surface area contributed by atoms with E-state index in [-0.39, 0.29) is 27.4 Å². The summed E-state index contributed by atoms with van der Waals surface area (Å²) in [6.45, 7) is 1.74. The Hall–Kier alpha value is -5.05. The quantitative estimate of drug-likeness (QED) is 0.177. The van der Waals surface area contributed by atoms with Crippen molar-refractivity contribution in [1.29, 1.82) is 0 Å². The second-order valence-electron chi connectivity index (χ2n) is 10.5. The van der Waals surface area contributed by atoms with Gasteiger partial charge in [-0.05, 0) is 60.5 Å². The normalized spacial score (nSPS) is 14.9. The Morgan fingerprint density at radius 1 is 1.00 bits per heavy atom. The molecule has 1 aliphatic rings. The molecule has 0 bridgehead atoms. The van der Waals surface area contributed by atoms with E-state index in [1.807, 2.05) is 35.7 Å². The van der Waals surface area contributed by atoms with Crippen LogP contribution in [0, 0.1) is 0 Å². The van der Waals surface area contributed by atoms with Crippen molar-refractivity contribution in [3.8, 4) is 11.3 Å². The summed E-state index contributed by atoms with van der Waals surface area (Å²) in [4.78, 5) is 41.4. The molecular formula is C34H22F3N5O3S3. The summed E-state index contributed by atoms with van der Waals surface area (Å²) >= 11 is 3.41. The fraction of sp³-hybridized carbons (Fsp3) is 0.0882. The second-order valence-corrected chi connectivity index (χ2v) is 13.4. The number of thiophene rings is 1. The zero-order valence-corrected chi connectivity index (χ0v) is 27.2. The summed E-state index contributed by atoms with van der Waals surface area (Å²) in [5, 5.41) is 4.89. The van der Waals surface area contributed by atoms with Gasteiger partial charge in [0.15, 0.2) is 15.1 Å². The van der Waals surface area contributed by atoms with E-state index in [0.717, 1.165) is 34.0 Å². The summed E-state index contributed by atoms with van der Waals surface area (Å²) in [5.41, 5.74) is 0.659. The molecule has 14 heteroatoms. The first kappa shape index (κ1) is 31.5. The third kappa shape index (κ3) is 6.41. The van der Waals surface area contributed by atoms with Gasteiger partial charge in [0.2, 0.25) is 0 Å². The van der Waals surface area contributed by atoms with Crippen LogP contribution in [0.5, 0.6) is 0 Å². The minimum Gasteiger partial charge on any atom is -0.450 e. The number of para-hydroxylation sites is 1. The van der Waals surface area contributed by atoms with Crippen LogP contribution in [0.25, 0.3) is 17.3 Å². The molecule has 5 heterocycles. The molecule has 0 spiro atoms. The van der Waals surface area contributed by atoms with Gasteiger partial charge in [0.25, 0.3) is 11.5 Å². The molecule has 1 N–H and O–H groups in total. The van der Waals surface area contributed by atoms with Crippen molar-refractivity contribution in [2.75, 3.05) is 5.32 Å². The zero-order chi connectivity index (χ0) is 33.4. The number of rotatable bonds is 7. The number of furan rings is 1. The van der Waals surface area contributed by atoms with Crippen molar-refractivity contribution in [3.05, 3.63) is 144 Å². The molecule has 48 heavy (non-hydrogen) atoms. The smallest absolute Gasteiger partial charge is 0.433 e. The molecular weight excluding hydrogens is 680 g/mol. The Labute approximate surface area is 282 Å². The topological polar surface area (TPSA) is 102 Å². The number of benzene rings is 2. The highest BCUT2D eigenvalue weighted by Gasteiger charge is 2.35. The minimum absolute atomic E-state index is 0.126. The SMILES string of the molecule is CC1=C(C(=O)Nc2ccccc2)[C@H](c2cccs2)n2c(s/c(=C/c3ccc(Sc4nc(-c5ccccc5)cc(C(F)(F)F)n4)o3)c2=O)=N1. The molecule has 0 aliphatic carbocycles. The van der Waals surface area contributed by atoms with Crippen LogP contribution in [-0.2, 0) is 11.0 Å². The molecule has 0 saturated carbocycles. The van der Waals surface area contributed by atoms with Crippen molar-refractivity contribution in [1.82, 2.24) is 14.5 Å². The van der Waals surface area contributed by atoms with Gasteiger partial charge >= 0.3 is 6.18 Å². The average molecular weight is 702 g/mol. The molecule has 1 atom stereocenters. The third-order valence-corrected chi connectivity index (χ3v) is 9.94. The number of halogens is 3. The van der Waals surface area contributed by atoms with E-state index in [1.54, 1.807) is 67.6 Å². The Bertz CT molecular complexity index is 2350. The lowest BCUT2D eigenvalue weighted by Crippen LogP contribution is -2.40. The number of nitrogens with zero attached hydrogens (tertiary/aromatic N) is 4. The van der Waals surface area contributed by atoms with Gasteiger partial charge < -0.3 is 9.73 Å². The first-order valence-electron chi connectivity index (χ1n) is 14.4. The maximum absolute atomic E-state index is 13.9. The molecule has 0 radical (unpaired) electrons. The van der Waals surface area contributed by atoms with Crippen LogP contribution in [0.2, 0.25) is 0 Å². The summed E-state index contributed by atoms with van der Waals surface area (Å²) in [6.07, 6.45) is -3.13. The predicted octanol–water partition coefficient (Wildman–Crippen LogP) is 7.16. The van der Waals surface area contributed by atoms with Crippen molar-refractivity contribution >= 4 is 52.1 Å². The molecule has 7 rings (SSSR count). The molecule has 240 valence electrons. The minimum atomic E-state index is -4.67. The maximum Gasteiger partial charge on any atom is 0.433 e. The van der Waals surface area contributed by atoms with Gasteiger partial charge in [0, 0.05) is 22.2 Å². The molecule has 0 unspecified atom stereocenters. The number of hydrogen-bond donors (Lipinski definition) is 1. The number of carbonyl (C=O) groups is 1. The van der Waals surface area contributed by atoms with Gasteiger partial charge in [-0.1, -0.05) is 65.9 Å². The van der Waals surface area contributed by atoms with Gasteiger partial charge in [-0.3, -0.25) is 14.2 Å². The number of hydrogen-bond acceptors (Lipinski definition) is 9. The van der Waals surface area contributed by atoms with E-state index < -0.39 is 17.9 Å². The number of fused-ring (bicyclic) bond motifs is 1.